The van der Waals surface area contributed by atoms with Crippen LogP contribution in [0.15, 0.2) is 35.8 Å². The lowest BCUT2D eigenvalue weighted by atomic mass is 10.1. The van der Waals surface area contributed by atoms with E-state index in [2.05, 4.69) is 4.98 Å². The molecule has 0 unspecified atom stereocenters. The Kier molecular flexibility index (Phi) is 3.69. The van der Waals surface area contributed by atoms with Gasteiger partial charge in [-0.1, -0.05) is 12.1 Å². The van der Waals surface area contributed by atoms with Crippen molar-refractivity contribution in [3.8, 4) is 5.75 Å². The summed E-state index contributed by atoms with van der Waals surface area (Å²) in [7, 11) is 1.59. The molecule has 0 spiro atoms. The molecule has 0 aliphatic heterocycles. The molecule has 1 saturated carbocycles. The second-order valence-electron chi connectivity index (χ2n) is 4.79. The summed E-state index contributed by atoms with van der Waals surface area (Å²) >= 11 is 1.58. The Bertz CT molecular complexity index is 594. The van der Waals surface area contributed by atoms with Gasteiger partial charge in [-0.25, -0.2) is 4.98 Å². The monoisotopic (exact) mass is 288 g/mol. The second kappa shape index (κ2) is 5.63. The van der Waals surface area contributed by atoms with Crippen LogP contribution >= 0.6 is 11.3 Å². The third-order valence-corrected chi connectivity index (χ3v) is 4.14. The Morgan fingerprint density at radius 1 is 1.45 bits per heavy atom. The summed E-state index contributed by atoms with van der Waals surface area (Å²) in [4.78, 5) is 18.9. The predicted molar refractivity (Wildman–Crippen MR) is 78.0 cm³/mol. The van der Waals surface area contributed by atoms with Gasteiger partial charge in [0.15, 0.2) is 0 Å². The van der Waals surface area contributed by atoms with Crippen LogP contribution < -0.4 is 4.74 Å². The number of hydrogen-bond acceptors (Lipinski definition) is 4. The molecule has 5 heteroatoms. The first-order valence-corrected chi connectivity index (χ1v) is 7.50. The highest BCUT2D eigenvalue weighted by molar-refractivity contribution is 7.09. The highest BCUT2D eigenvalue weighted by Gasteiger charge is 2.34. The van der Waals surface area contributed by atoms with E-state index >= 15 is 0 Å². The van der Waals surface area contributed by atoms with E-state index in [0.29, 0.717) is 23.9 Å². The van der Waals surface area contributed by atoms with Gasteiger partial charge >= 0.3 is 0 Å². The van der Waals surface area contributed by atoms with Crippen LogP contribution in [0.1, 0.15) is 28.2 Å². The fourth-order valence-corrected chi connectivity index (χ4v) is 2.82. The molecule has 0 saturated heterocycles. The molecule has 0 bridgehead atoms. The Morgan fingerprint density at radius 3 is 2.90 bits per heavy atom. The van der Waals surface area contributed by atoms with Crippen LogP contribution in [0.3, 0.4) is 0 Å². The zero-order valence-electron chi connectivity index (χ0n) is 11.3. The molecule has 2 aromatic rings. The van der Waals surface area contributed by atoms with Gasteiger partial charge in [-0.2, -0.15) is 0 Å². The van der Waals surface area contributed by atoms with E-state index in [1.54, 1.807) is 24.6 Å². The number of rotatable bonds is 5. The van der Waals surface area contributed by atoms with E-state index in [-0.39, 0.29) is 5.91 Å². The largest absolute Gasteiger partial charge is 0.496 e. The summed E-state index contributed by atoms with van der Waals surface area (Å²) in [6.45, 7) is 0.583. The number of carbonyl (C=O) groups is 1. The number of ether oxygens (including phenoxy) is 1. The van der Waals surface area contributed by atoms with Crippen molar-refractivity contribution in [2.75, 3.05) is 7.11 Å². The van der Waals surface area contributed by atoms with Gasteiger partial charge in [0, 0.05) is 17.6 Å². The summed E-state index contributed by atoms with van der Waals surface area (Å²) < 4.78 is 5.29. The molecule has 1 aliphatic rings. The van der Waals surface area contributed by atoms with Gasteiger partial charge in [-0.05, 0) is 25.0 Å². The number of carbonyl (C=O) groups excluding carboxylic acids is 1. The zero-order valence-corrected chi connectivity index (χ0v) is 12.1. The summed E-state index contributed by atoms with van der Waals surface area (Å²) in [5.74, 6) is 0.655. The molecule has 1 amide bonds. The molecule has 20 heavy (non-hydrogen) atoms. The van der Waals surface area contributed by atoms with E-state index in [9.17, 15) is 4.79 Å². The molecule has 1 fully saturated rings. The molecule has 1 aromatic heterocycles. The van der Waals surface area contributed by atoms with Crippen LogP contribution in [0.5, 0.6) is 5.75 Å². The predicted octanol–water partition coefficient (Wildman–Crippen LogP) is 2.96. The normalized spacial score (nSPS) is 14.1. The van der Waals surface area contributed by atoms with Crippen molar-refractivity contribution in [2.45, 2.75) is 25.4 Å². The highest BCUT2D eigenvalue weighted by atomic mass is 32.1. The number of thiazole rings is 1. The molecular weight excluding hydrogens is 272 g/mol. The van der Waals surface area contributed by atoms with Gasteiger partial charge in [0.1, 0.15) is 10.8 Å². The van der Waals surface area contributed by atoms with Gasteiger partial charge < -0.3 is 9.64 Å². The molecule has 104 valence electrons. The quantitative estimate of drug-likeness (QED) is 0.849. The minimum Gasteiger partial charge on any atom is -0.496 e. The zero-order chi connectivity index (χ0) is 13.9. The van der Waals surface area contributed by atoms with Crippen molar-refractivity contribution in [1.29, 1.82) is 0 Å². The third-order valence-electron chi connectivity index (χ3n) is 3.37. The topological polar surface area (TPSA) is 42.4 Å². The van der Waals surface area contributed by atoms with E-state index in [4.69, 9.17) is 4.74 Å². The smallest absolute Gasteiger partial charge is 0.258 e. The van der Waals surface area contributed by atoms with Crippen LogP contribution in [-0.2, 0) is 6.54 Å². The summed E-state index contributed by atoms with van der Waals surface area (Å²) in [6.07, 6.45) is 3.93. The first-order chi connectivity index (χ1) is 9.79. The summed E-state index contributed by atoms with van der Waals surface area (Å²) in [5.41, 5.74) is 0.624. The van der Waals surface area contributed by atoms with Crippen molar-refractivity contribution < 1.29 is 9.53 Å². The number of methoxy groups -OCH3 is 1. The van der Waals surface area contributed by atoms with Crippen molar-refractivity contribution in [3.63, 3.8) is 0 Å². The van der Waals surface area contributed by atoms with Gasteiger partial charge in [0.2, 0.25) is 0 Å². The van der Waals surface area contributed by atoms with Gasteiger partial charge in [0.05, 0.1) is 19.2 Å². The van der Waals surface area contributed by atoms with E-state index < -0.39 is 0 Å². The molecule has 3 rings (SSSR count). The summed E-state index contributed by atoms with van der Waals surface area (Å²) in [5, 5.41) is 2.91. The van der Waals surface area contributed by atoms with Crippen molar-refractivity contribution in [2.24, 2.45) is 0 Å². The number of nitrogens with zero attached hydrogens (tertiary/aromatic N) is 2. The highest BCUT2D eigenvalue weighted by Crippen LogP contribution is 2.31. The Balaban J connectivity index is 1.85. The second-order valence-corrected chi connectivity index (χ2v) is 5.77. The van der Waals surface area contributed by atoms with Crippen LogP contribution in [0.4, 0.5) is 0 Å². The number of benzene rings is 1. The first kappa shape index (κ1) is 13.1. The van der Waals surface area contributed by atoms with Gasteiger partial charge in [-0.15, -0.1) is 11.3 Å². The Hall–Kier alpha value is -1.88. The maximum atomic E-state index is 12.8. The Morgan fingerprint density at radius 2 is 2.25 bits per heavy atom. The molecule has 0 N–H and O–H groups in total. The number of para-hydroxylation sites is 1. The van der Waals surface area contributed by atoms with E-state index in [1.165, 1.54) is 0 Å². The van der Waals surface area contributed by atoms with Crippen LogP contribution in [0.2, 0.25) is 0 Å². The molecule has 1 heterocycles. The van der Waals surface area contributed by atoms with Crippen LogP contribution in [0, 0.1) is 0 Å². The summed E-state index contributed by atoms with van der Waals surface area (Å²) in [6, 6.07) is 7.72. The molecule has 1 aliphatic carbocycles. The standard InChI is InChI=1S/C15H16N2O2S/c1-19-13-5-3-2-4-12(13)15(18)17(11-6-7-11)10-14-16-8-9-20-14/h2-5,8-9,11H,6-7,10H2,1H3. The molecule has 0 radical (unpaired) electrons. The van der Waals surface area contributed by atoms with E-state index in [0.717, 1.165) is 17.8 Å². The first-order valence-electron chi connectivity index (χ1n) is 6.62. The molecule has 0 atom stereocenters. The minimum absolute atomic E-state index is 0.0279. The minimum atomic E-state index is 0.0279. The van der Waals surface area contributed by atoms with Gasteiger partial charge in [0.25, 0.3) is 5.91 Å². The maximum Gasteiger partial charge on any atom is 0.258 e. The van der Waals surface area contributed by atoms with Crippen molar-refractivity contribution >= 4 is 17.2 Å². The number of amides is 1. The third kappa shape index (κ3) is 2.67. The fraction of sp³-hybridized carbons (Fsp3) is 0.333. The molecule has 1 aromatic carbocycles. The van der Waals surface area contributed by atoms with Crippen LogP contribution in [-0.4, -0.2) is 28.9 Å². The molecular formula is C15H16N2O2S. The lowest BCUT2D eigenvalue weighted by molar-refractivity contribution is 0.0726. The fourth-order valence-electron chi connectivity index (χ4n) is 2.21. The number of hydrogen-bond donors (Lipinski definition) is 0. The maximum absolute atomic E-state index is 12.8. The lowest BCUT2D eigenvalue weighted by Crippen LogP contribution is -2.32. The van der Waals surface area contributed by atoms with Crippen molar-refractivity contribution in [1.82, 2.24) is 9.88 Å². The van der Waals surface area contributed by atoms with Crippen LogP contribution in [0.25, 0.3) is 0 Å². The Labute approximate surface area is 122 Å². The van der Waals surface area contributed by atoms with E-state index in [1.807, 2.05) is 34.5 Å². The number of aromatic nitrogens is 1. The average Bonchev–Trinajstić information content (AvgIpc) is 3.20. The lowest BCUT2D eigenvalue weighted by Gasteiger charge is -2.22. The van der Waals surface area contributed by atoms with Crippen molar-refractivity contribution in [3.05, 3.63) is 46.4 Å². The van der Waals surface area contributed by atoms with Gasteiger partial charge in [-0.3, -0.25) is 4.79 Å². The molecule has 4 nitrogen and oxygen atoms in total. The average molecular weight is 288 g/mol. The SMILES string of the molecule is COc1ccccc1C(=O)N(Cc1nccs1)C1CC1.